The summed E-state index contributed by atoms with van der Waals surface area (Å²) in [5.41, 5.74) is 4.16. The Balaban J connectivity index is 1.75. The second-order valence-corrected chi connectivity index (χ2v) is 8.15. The number of carbonyl (C=O) groups is 2. The maximum atomic E-state index is 13.0. The van der Waals surface area contributed by atoms with Crippen LogP contribution in [0.2, 0.25) is 0 Å². The molecule has 2 aromatic rings. The van der Waals surface area contributed by atoms with Crippen LogP contribution >= 0.6 is 0 Å². The van der Waals surface area contributed by atoms with Gasteiger partial charge in [0, 0.05) is 37.6 Å². The molecule has 2 amide bonds. The number of pyridine rings is 1. The zero-order valence-electron chi connectivity index (χ0n) is 17.1. The average Bonchev–Trinajstić information content (AvgIpc) is 3.03. The Morgan fingerprint density at radius 1 is 1.14 bits per heavy atom. The normalized spacial score (nSPS) is 16.9. The largest absolute Gasteiger partial charge is 0.337 e. The molecule has 28 heavy (non-hydrogen) atoms. The quantitative estimate of drug-likeness (QED) is 0.813. The third kappa shape index (κ3) is 4.41. The van der Waals surface area contributed by atoms with Crippen molar-refractivity contribution >= 4 is 17.5 Å². The van der Waals surface area contributed by atoms with Gasteiger partial charge in [-0.3, -0.25) is 14.6 Å². The molecule has 1 saturated heterocycles. The molecule has 0 saturated carbocycles. The van der Waals surface area contributed by atoms with Crippen LogP contribution in [0.3, 0.4) is 0 Å². The van der Waals surface area contributed by atoms with E-state index in [0.717, 1.165) is 22.4 Å². The maximum absolute atomic E-state index is 13.0. The molecule has 1 aliphatic rings. The molecular formula is C23H29N3O2. The molecule has 1 aromatic carbocycles. The molecule has 3 rings (SSSR count). The molecule has 1 fully saturated rings. The van der Waals surface area contributed by atoms with E-state index in [1.807, 2.05) is 12.1 Å². The Labute approximate surface area is 167 Å². The Kier molecular flexibility index (Phi) is 6.12. The van der Waals surface area contributed by atoms with E-state index in [1.165, 1.54) is 0 Å². The predicted octanol–water partition coefficient (Wildman–Crippen LogP) is 4.32. The molecule has 0 spiro atoms. The number of nitrogens with one attached hydrogen (secondary N) is 1. The van der Waals surface area contributed by atoms with Gasteiger partial charge < -0.3 is 10.2 Å². The van der Waals surface area contributed by atoms with Gasteiger partial charge in [-0.25, -0.2) is 0 Å². The molecule has 1 atom stereocenters. The van der Waals surface area contributed by atoms with Crippen molar-refractivity contribution in [2.24, 2.45) is 5.92 Å². The first-order valence-corrected chi connectivity index (χ1v) is 9.97. The zero-order valence-corrected chi connectivity index (χ0v) is 17.1. The van der Waals surface area contributed by atoms with Gasteiger partial charge in [-0.15, -0.1) is 0 Å². The number of benzene rings is 1. The lowest BCUT2D eigenvalue weighted by Gasteiger charge is -2.21. The number of para-hydroxylation sites is 1. The highest BCUT2D eigenvalue weighted by atomic mass is 16.2. The Hall–Kier alpha value is -2.69. The lowest BCUT2D eigenvalue weighted by Crippen LogP contribution is -2.28. The number of aromatic nitrogens is 1. The Bertz CT molecular complexity index is 820. The van der Waals surface area contributed by atoms with Crippen LogP contribution in [0.4, 0.5) is 5.69 Å². The summed E-state index contributed by atoms with van der Waals surface area (Å²) in [6, 6.07) is 9.99. The predicted molar refractivity (Wildman–Crippen MR) is 111 cm³/mol. The highest BCUT2D eigenvalue weighted by molar-refractivity contribution is 5.98. The highest BCUT2D eigenvalue weighted by Gasteiger charge is 2.34. The van der Waals surface area contributed by atoms with E-state index in [1.54, 1.807) is 17.3 Å². The van der Waals surface area contributed by atoms with Crippen molar-refractivity contribution in [1.82, 2.24) is 9.88 Å². The van der Waals surface area contributed by atoms with Crippen LogP contribution in [0.25, 0.3) is 0 Å². The van der Waals surface area contributed by atoms with Crippen molar-refractivity contribution in [3.05, 3.63) is 59.4 Å². The van der Waals surface area contributed by atoms with Crippen molar-refractivity contribution in [2.75, 3.05) is 11.9 Å². The molecule has 5 nitrogen and oxygen atoms in total. The molecule has 148 valence electrons. The number of amides is 2. The minimum Gasteiger partial charge on any atom is -0.337 e. The first kappa shape index (κ1) is 20.1. The maximum Gasteiger partial charge on any atom is 0.229 e. The number of hydrogen-bond donors (Lipinski definition) is 1. The summed E-state index contributed by atoms with van der Waals surface area (Å²) in [5.74, 6) is 0.231. The second kappa shape index (κ2) is 8.55. The van der Waals surface area contributed by atoms with Gasteiger partial charge in [0.25, 0.3) is 0 Å². The number of hydrogen-bond acceptors (Lipinski definition) is 3. The smallest absolute Gasteiger partial charge is 0.229 e. The van der Waals surface area contributed by atoms with Gasteiger partial charge in [0.05, 0.1) is 5.92 Å². The van der Waals surface area contributed by atoms with E-state index in [9.17, 15) is 9.59 Å². The Morgan fingerprint density at radius 3 is 2.39 bits per heavy atom. The van der Waals surface area contributed by atoms with Gasteiger partial charge in [-0.1, -0.05) is 52.0 Å². The van der Waals surface area contributed by atoms with E-state index in [4.69, 9.17) is 0 Å². The van der Waals surface area contributed by atoms with E-state index < -0.39 is 0 Å². The fourth-order valence-electron chi connectivity index (χ4n) is 3.73. The molecular weight excluding hydrogens is 350 g/mol. The average molecular weight is 380 g/mol. The third-order valence-electron chi connectivity index (χ3n) is 5.30. The van der Waals surface area contributed by atoms with Crippen molar-refractivity contribution in [3.63, 3.8) is 0 Å². The number of carbonyl (C=O) groups excluding carboxylic acids is 2. The Morgan fingerprint density at radius 2 is 1.82 bits per heavy atom. The summed E-state index contributed by atoms with van der Waals surface area (Å²) >= 11 is 0. The van der Waals surface area contributed by atoms with Crippen LogP contribution in [-0.4, -0.2) is 28.2 Å². The monoisotopic (exact) mass is 379 g/mol. The fourth-order valence-corrected chi connectivity index (χ4v) is 3.73. The molecule has 0 bridgehead atoms. The molecule has 1 aliphatic heterocycles. The molecule has 1 N–H and O–H groups in total. The molecule has 2 heterocycles. The van der Waals surface area contributed by atoms with Crippen LogP contribution in [-0.2, 0) is 16.1 Å². The SMILES string of the molecule is CC(C)c1cccc(C(C)C)c1NC(=O)C1CC(=O)N(Cc2cccnc2)C1. The molecule has 0 radical (unpaired) electrons. The van der Waals surface area contributed by atoms with E-state index >= 15 is 0 Å². The minimum absolute atomic E-state index is 0.0187. The van der Waals surface area contributed by atoms with Crippen LogP contribution < -0.4 is 5.32 Å². The van der Waals surface area contributed by atoms with Gasteiger partial charge in [0.2, 0.25) is 11.8 Å². The number of nitrogens with zero attached hydrogens (tertiary/aromatic N) is 2. The standard InChI is InChI=1S/C23H29N3O2/c1-15(2)19-8-5-9-20(16(3)4)22(19)25-23(28)18-11-21(27)26(14-18)13-17-7-6-10-24-12-17/h5-10,12,15-16,18H,11,13-14H2,1-4H3,(H,25,28). The minimum atomic E-state index is -0.329. The molecule has 1 aromatic heterocycles. The molecule has 5 heteroatoms. The molecule has 1 unspecified atom stereocenters. The van der Waals surface area contributed by atoms with E-state index in [2.05, 4.69) is 56.2 Å². The van der Waals surface area contributed by atoms with Gasteiger partial charge in [0.15, 0.2) is 0 Å². The second-order valence-electron chi connectivity index (χ2n) is 8.15. The summed E-state index contributed by atoms with van der Waals surface area (Å²) in [6.07, 6.45) is 3.73. The topological polar surface area (TPSA) is 62.3 Å². The van der Waals surface area contributed by atoms with Crippen molar-refractivity contribution < 1.29 is 9.59 Å². The number of likely N-dealkylation sites (tertiary alicyclic amines) is 1. The van der Waals surface area contributed by atoms with Gasteiger partial charge in [-0.05, 0) is 34.6 Å². The lowest BCUT2D eigenvalue weighted by molar-refractivity contribution is -0.128. The summed E-state index contributed by atoms with van der Waals surface area (Å²) < 4.78 is 0. The number of anilines is 1. The van der Waals surface area contributed by atoms with Crippen LogP contribution in [0.15, 0.2) is 42.7 Å². The first-order valence-electron chi connectivity index (χ1n) is 9.97. The fraction of sp³-hybridized carbons (Fsp3) is 0.435. The first-order chi connectivity index (χ1) is 13.4. The van der Waals surface area contributed by atoms with Crippen LogP contribution in [0.5, 0.6) is 0 Å². The van der Waals surface area contributed by atoms with Gasteiger partial charge >= 0.3 is 0 Å². The van der Waals surface area contributed by atoms with Crippen molar-refractivity contribution in [3.8, 4) is 0 Å². The highest BCUT2D eigenvalue weighted by Crippen LogP contribution is 2.33. The van der Waals surface area contributed by atoms with Crippen LogP contribution in [0.1, 0.15) is 62.6 Å². The van der Waals surface area contributed by atoms with E-state index in [0.29, 0.717) is 24.9 Å². The summed E-state index contributed by atoms with van der Waals surface area (Å²) in [5, 5.41) is 3.16. The zero-order chi connectivity index (χ0) is 20.3. The summed E-state index contributed by atoms with van der Waals surface area (Å²) in [4.78, 5) is 31.3. The lowest BCUT2D eigenvalue weighted by atomic mass is 9.92. The van der Waals surface area contributed by atoms with Gasteiger partial charge in [-0.2, -0.15) is 0 Å². The van der Waals surface area contributed by atoms with Gasteiger partial charge in [0.1, 0.15) is 0 Å². The summed E-state index contributed by atoms with van der Waals surface area (Å²) in [6.45, 7) is 9.46. The molecule has 0 aliphatic carbocycles. The van der Waals surface area contributed by atoms with Crippen molar-refractivity contribution in [2.45, 2.75) is 52.5 Å². The summed E-state index contributed by atoms with van der Waals surface area (Å²) in [7, 11) is 0. The van der Waals surface area contributed by atoms with Crippen molar-refractivity contribution in [1.29, 1.82) is 0 Å². The number of rotatable bonds is 6. The third-order valence-corrected chi connectivity index (χ3v) is 5.30. The van der Waals surface area contributed by atoms with E-state index in [-0.39, 0.29) is 24.2 Å². The van der Waals surface area contributed by atoms with Crippen LogP contribution in [0, 0.1) is 5.92 Å².